The number of hydrogen-bond donors (Lipinski definition) is 3. The van der Waals surface area contributed by atoms with E-state index in [4.69, 9.17) is 5.11 Å². The van der Waals surface area contributed by atoms with Crippen molar-refractivity contribution in [3.63, 3.8) is 0 Å². The minimum absolute atomic E-state index is 0.0644. The smallest absolute Gasteiger partial charge is 0.289 e. The van der Waals surface area contributed by atoms with Gasteiger partial charge in [0.1, 0.15) is 0 Å². The second-order valence-electron chi connectivity index (χ2n) is 3.95. The van der Waals surface area contributed by atoms with Crippen LogP contribution in [0.4, 0.5) is 5.69 Å². The number of nitro benzene ring substituents is 1. The maximum atomic E-state index is 12.0. The molecule has 0 fully saturated rings. The van der Waals surface area contributed by atoms with Gasteiger partial charge in [-0.2, -0.15) is 0 Å². The van der Waals surface area contributed by atoms with Crippen molar-refractivity contribution in [2.45, 2.75) is 11.3 Å². The second kappa shape index (κ2) is 7.90. The molecule has 0 amide bonds. The zero-order valence-electron chi connectivity index (χ0n) is 10.8. The molecule has 1 rings (SSSR count). The van der Waals surface area contributed by atoms with Gasteiger partial charge in [-0.05, 0) is 19.0 Å². The number of nitro groups is 1. The highest BCUT2D eigenvalue weighted by Crippen LogP contribution is 2.22. The fourth-order valence-corrected chi connectivity index (χ4v) is 2.72. The Hall–Kier alpha value is -1.55. The average Bonchev–Trinajstić information content (AvgIpc) is 2.42. The summed E-state index contributed by atoms with van der Waals surface area (Å²) in [5.74, 6) is 0. The number of rotatable bonds is 9. The van der Waals surface area contributed by atoms with E-state index in [-0.39, 0.29) is 18.0 Å². The van der Waals surface area contributed by atoms with Crippen LogP contribution in [0.25, 0.3) is 0 Å². The van der Waals surface area contributed by atoms with Crippen molar-refractivity contribution in [1.29, 1.82) is 0 Å². The summed E-state index contributed by atoms with van der Waals surface area (Å²) in [6, 6.07) is 5.18. The van der Waals surface area contributed by atoms with Crippen LogP contribution >= 0.6 is 0 Å². The molecule has 0 atom stereocenters. The zero-order valence-corrected chi connectivity index (χ0v) is 11.6. The Morgan fingerprint density at radius 2 is 1.90 bits per heavy atom. The first kappa shape index (κ1) is 16.5. The van der Waals surface area contributed by atoms with E-state index < -0.39 is 20.6 Å². The van der Waals surface area contributed by atoms with Crippen LogP contribution in [0.5, 0.6) is 0 Å². The van der Waals surface area contributed by atoms with Crippen LogP contribution in [-0.4, -0.2) is 44.7 Å². The lowest BCUT2D eigenvalue weighted by Crippen LogP contribution is -2.32. The standard InChI is InChI=1S/C11H17N3O5S/c15-9-3-6-12-7-8-13-20(18,19)11-5-2-1-4-10(11)14(16)17/h1-2,4-5,12-13,15H,3,6-9H2. The van der Waals surface area contributed by atoms with Crippen molar-refractivity contribution < 1.29 is 18.4 Å². The first-order valence-electron chi connectivity index (χ1n) is 6.03. The molecule has 112 valence electrons. The number of nitrogens with zero attached hydrogens (tertiary/aromatic N) is 1. The number of benzene rings is 1. The van der Waals surface area contributed by atoms with Crippen molar-refractivity contribution >= 4 is 15.7 Å². The molecule has 0 radical (unpaired) electrons. The third-order valence-electron chi connectivity index (χ3n) is 2.46. The lowest BCUT2D eigenvalue weighted by atomic mass is 10.3. The van der Waals surface area contributed by atoms with Crippen molar-refractivity contribution in [3.05, 3.63) is 34.4 Å². The van der Waals surface area contributed by atoms with Crippen molar-refractivity contribution in [2.24, 2.45) is 0 Å². The molecule has 0 aliphatic carbocycles. The quantitative estimate of drug-likeness (QED) is 0.331. The summed E-state index contributed by atoms with van der Waals surface area (Å²) in [5, 5.41) is 22.3. The first-order chi connectivity index (χ1) is 9.49. The average molecular weight is 303 g/mol. The highest BCUT2D eigenvalue weighted by Gasteiger charge is 2.24. The summed E-state index contributed by atoms with van der Waals surface area (Å²) in [6.45, 7) is 1.12. The molecule has 8 nitrogen and oxygen atoms in total. The highest BCUT2D eigenvalue weighted by molar-refractivity contribution is 7.89. The van der Waals surface area contributed by atoms with E-state index >= 15 is 0 Å². The molecule has 1 aromatic carbocycles. The van der Waals surface area contributed by atoms with E-state index in [0.717, 1.165) is 6.07 Å². The molecular weight excluding hydrogens is 286 g/mol. The van der Waals surface area contributed by atoms with Gasteiger partial charge in [-0.3, -0.25) is 10.1 Å². The van der Waals surface area contributed by atoms with Gasteiger partial charge in [-0.15, -0.1) is 0 Å². The van der Waals surface area contributed by atoms with Gasteiger partial charge in [0, 0.05) is 25.8 Å². The number of hydrogen-bond acceptors (Lipinski definition) is 6. The highest BCUT2D eigenvalue weighted by atomic mass is 32.2. The van der Waals surface area contributed by atoms with Gasteiger partial charge in [0.2, 0.25) is 10.0 Å². The largest absolute Gasteiger partial charge is 0.396 e. The normalized spacial score (nSPS) is 11.4. The van der Waals surface area contributed by atoms with E-state index in [1.807, 2.05) is 0 Å². The van der Waals surface area contributed by atoms with Crippen molar-refractivity contribution in [3.8, 4) is 0 Å². The number of sulfonamides is 1. The molecule has 0 heterocycles. The fourth-order valence-electron chi connectivity index (χ4n) is 1.52. The zero-order chi connectivity index (χ0) is 15.0. The van der Waals surface area contributed by atoms with Crippen LogP contribution in [0, 0.1) is 10.1 Å². The van der Waals surface area contributed by atoms with Crippen LogP contribution in [0.1, 0.15) is 6.42 Å². The Bertz CT molecular complexity index is 547. The lowest BCUT2D eigenvalue weighted by molar-refractivity contribution is -0.387. The van der Waals surface area contributed by atoms with Crippen LogP contribution < -0.4 is 10.0 Å². The number of para-hydroxylation sites is 1. The lowest BCUT2D eigenvalue weighted by Gasteiger charge is -2.07. The number of nitrogens with one attached hydrogen (secondary N) is 2. The topological polar surface area (TPSA) is 122 Å². The van der Waals surface area contributed by atoms with Gasteiger partial charge in [-0.1, -0.05) is 12.1 Å². The van der Waals surface area contributed by atoms with E-state index in [0.29, 0.717) is 19.5 Å². The van der Waals surface area contributed by atoms with E-state index in [9.17, 15) is 18.5 Å². The van der Waals surface area contributed by atoms with Crippen molar-refractivity contribution in [1.82, 2.24) is 10.0 Å². The molecule has 20 heavy (non-hydrogen) atoms. The molecule has 0 bridgehead atoms. The summed E-state index contributed by atoms with van der Waals surface area (Å²) in [5.41, 5.74) is -0.451. The van der Waals surface area contributed by atoms with Crippen LogP contribution in [0.15, 0.2) is 29.2 Å². The second-order valence-corrected chi connectivity index (χ2v) is 5.69. The molecule has 1 aromatic rings. The molecule has 0 saturated carbocycles. The summed E-state index contributed by atoms with van der Waals surface area (Å²) < 4.78 is 26.2. The first-order valence-corrected chi connectivity index (χ1v) is 7.52. The van der Waals surface area contributed by atoms with Crippen molar-refractivity contribution in [2.75, 3.05) is 26.2 Å². The minimum Gasteiger partial charge on any atom is -0.396 e. The molecule has 0 aliphatic heterocycles. The third-order valence-corrected chi connectivity index (χ3v) is 3.97. The number of aliphatic hydroxyl groups is 1. The molecule has 3 N–H and O–H groups in total. The molecular formula is C11H17N3O5S. The minimum atomic E-state index is -3.91. The monoisotopic (exact) mass is 303 g/mol. The molecule has 0 saturated heterocycles. The number of aliphatic hydroxyl groups excluding tert-OH is 1. The van der Waals surface area contributed by atoms with Gasteiger partial charge >= 0.3 is 0 Å². The Balaban J connectivity index is 2.63. The fraction of sp³-hybridized carbons (Fsp3) is 0.455. The summed E-state index contributed by atoms with van der Waals surface area (Å²) >= 11 is 0. The maximum Gasteiger partial charge on any atom is 0.289 e. The van der Waals surface area contributed by atoms with E-state index in [1.165, 1.54) is 18.2 Å². The third kappa shape index (κ3) is 4.85. The molecule has 0 aromatic heterocycles. The molecule has 0 unspecified atom stereocenters. The van der Waals surface area contributed by atoms with Gasteiger partial charge in [-0.25, -0.2) is 13.1 Å². The van der Waals surface area contributed by atoms with Crippen LogP contribution in [-0.2, 0) is 10.0 Å². The maximum absolute atomic E-state index is 12.0. The summed E-state index contributed by atoms with van der Waals surface area (Å²) in [6.07, 6.45) is 0.580. The summed E-state index contributed by atoms with van der Waals surface area (Å²) in [4.78, 5) is 9.72. The van der Waals surface area contributed by atoms with E-state index in [2.05, 4.69) is 10.0 Å². The van der Waals surface area contributed by atoms with Gasteiger partial charge in [0.15, 0.2) is 4.90 Å². The Labute approximate surface area is 117 Å². The van der Waals surface area contributed by atoms with E-state index in [1.54, 1.807) is 0 Å². The molecule has 0 aliphatic rings. The molecule has 0 spiro atoms. The Morgan fingerprint density at radius 1 is 1.20 bits per heavy atom. The predicted octanol–water partition coefficient (Wildman–Crippen LogP) is -0.155. The van der Waals surface area contributed by atoms with Gasteiger partial charge in [0.05, 0.1) is 4.92 Å². The van der Waals surface area contributed by atoms with Crippen LogP contribution in [0.3, 0.4) is 0 Å². The predicted molar refractivity (Wildman–Crippen MR) is 72.9 cm³/mol. The van der Waals surface area contributed by atoms with Crippen LogP contribution in [0.2, 0.25) is 0 Å². The SMILES string of the molecule is O=[N+]([O-])c1ccccc1S(=O)(=O)NCCNCCCO. The van der Waals surface area contributed by atoms with Gasteiger partial charge < -0.3 is 10.4 Å². The molecule has 9 heteroatoms. The Morgan fingerprint density at radius 3 is 2.55 bits per heavy atom. The van der Waals surface area contributed by atoms with Gasteiger partial charge in [0.25, 0.3) is 5.69 Å². The summed E-state index contributed by atoms with van der Waals surface area (Å²) in [7, 11) is -3.91. The Kier molecular flexibility index (Phi) is 6.52.